The normalized spacial score (nSPS) is 10.9. The quantitative estimate of drug-likeness (QED) is 0.627. The number of benzene rings is 1. The van der Waals surface area contributed by atoms with Gasteiger partial charge >= 0.3 is 0 Å². The van der Waals surface area contributed by atoms with Crippen LogP contribution in [0.25, 0.3) is 10.9 Å². The summed E-state index contributed by atoms with van der Waals surface area (Å²) >= 11 is 0. The summed E-state index contributed by atoms with van der Waals surface area (Å²) in [4.78, 5) is 3.12. The van der Waals surface area contributed by atoms with Crippen molar-refractivity contribution in [3.8, 4) is 0 Å². The largest absolute Gasteiger partial charge is 0.361 e. The Morgan fingerprint density at radius 3 is 1.74 bits per heavy atom. The number of hydrogen-bond acceptors (Lipinski definition) is 4. The van der Waals surface area contributed by atoms with Crippen molar-refractivity contribution in [2.75, 3.05) is 12.5 Å². The number of nitrogens with one attached hydrogen (secondary N) is 1. The van der Waals surface area contributed by atoms with Crippen LogP contribution in [0.3, 0.4) is 0 Å². The molecule has 0 fully saturated rings. The Morgan fingerprint density at radius 2 is 1.32 bits per heavy atom. The molecule has 1 aromatic carbocycles. The predicted molar refractivity (Wildman–Crippen MR) is 73.2 cm³/mol. The molecule has 0 aliphatic carbocycles. The van der Waals surface area contributed by atoms with Crippen LogP contribution in [-0.2, 0) is 20.2 Å². The van der Waals surface area contributed by atoms with E-state index in [0.29, 0.717) is 12.5 Å². The fourth-order valence-electron chi connectivity index (χ4n) is 0.995. The van der Waals surface area contributed by atoms with Gasteiger partial charge in [-0.1, -0.05) is 18.2 Å². The molecule has 2 rings (SSSR count). The van der Waals surface area contributed by atoms with E-state index in [2.05, 4.69) is 23.2 Å². The van der Waals surface area contributed by atoms with E-state index in [4.69, 9.17) is 9.11 Å². The van der Waals surface area contributed by atoms with Gasteiger partial charge in [-0.05, 0) is 17.5 Å². The van der Waals surface area contributed by atoms with Crippen molar-refractivity contribution in [1.82, 2.24) is 4.98 Å². The monoisotopic (exact) mass is 309 g/mol. The average Bonchev–Trinajstić information content (AvgIpc) is 2.59. The van der Waals surface area contributed by atoms with E-state index in [0.717, 1.165) is 0 Å². The first-order valence-corrected chi connectivity index (χ1v) is 8.53. The SMILES string of the molecule is CS(=O)(=O)O.CS(=O)(=O)O.c1ccc2[nH]ccc2c1. The van der Waals surface area contributed by atoms with Gasteiger partial charge in [0.2, 0.25) is 0 Å². The van der Waals surface area contributed by atoms with Crippen molar-refractivity contribution >= 4 is 31.1 Å². The van der Waals surface area contributed by atoms with Crippen LogP contribution in [0.15, 0.2) is 36.5 Å². The Hall–Kier alpha value is -1.42. The van der Waals surface area contributed by atoms with Crippen molar-refractivity contribution in [2.24, 2.45) is 0 Å². The highest BCUT2D eigenvalue weighted by Gasteiger charge is 1.86. The molecular weight excluding hydrogens is 294 g/mol. The third-order valence-corrected chi connectivity index (χ3v) is 1.46. The highest BCUT2D eigenvalue weighted by molar-refractivity contribution is 7.85. The molecule has 0 bridgehead atoms. The van der Waals surface area contributed by atoms with E-state index in [-0.39, 0.29) is 0 Å². The Balaban J connectivity index is 0.000000283. The minimum Gasteiger partial charge on any atom is -0.361 e. The Morgan fingerprint density at radius 1 is 0.895 bits per heavy atom. The lowest BCUT2D eigenvalue weighted by atomic mass is 10.3. The molecule has 1 aromatic heterocycles. The molecule has 2 aromatic rings. The van der Waals surface area contributed by atoms with Crippen molar-refractivity contribution in [3.63, 3.8) is 0 Å². The van der Waals surface area contributed by atoms with E-state index < -0.39 is 20.2 Å². The minimum absolute atomic E-state index is 0.715. The van der Waals surface area contributed by atoms with E-state index in [9.17, 15) is 16.8 Å². The molecule has 0 aliphatic rings. The van der Waals surface area contributed by atoms with Crippen molar-refractivity contribution in [1.29, 1.82) is 0 Å². The molecule has 9 heteroatoms. The Kier molecular flexibility index (Phi) is 6.70. The zero-order chi connectivity index (χ0) is 15.1. The summed E-state index contributed by atoms with van der Waals surface area (Å²) in [5.41, 5.74) is 1.21. The number of H-pyrrole nitrogens is 1. The van der Waals surface area contributed by atoms with Gasteiger partial charge in [-0.15, -0.1) is 0 Å². The molecule has 0 atom stereocenters. The Bertz CT molecular complexity index is 626. The minimum atomic E-state index is -3.67. The predicted octanol–water partition coefficient (Wildman–Crippen LogP) is 1.18. The zero-order valence-electron chi connectivity index (χ0n) is 10.3. The lowest BCUT2D eigenvalue weighted by molar-refractivity contribution is 0.488. The summed E-state index contributed by atoms with van der Waals surface area (Å²) in [6.45, 7) is 0. The lowest BCUT2D eigenvalue weighted by Gasteiger charge is -1.83. The second kappa shape index (κ2) is 7.24. The molecule has 0 amide bonds. The van der Waals surface area contributed by atoms with Gasteiger partial charge in [0.1, 0.15) is 0 Å². The molecule has 0 saturated heterocycles. The van der Waals surface area contributed by atoms with E-state index in [1.54, 1.807) is 0 Å². The molecule has 1 heterocycles. The molecule has 0 spiro atoms. The van der Waals surface area contributed by atoms with Gasteiger partial charge in [0.15, 0.2) is 0 Å². The van der Waals surface area contributed by atoms with Crippen LogP contribution in [0.5, 0.6) is 0 Å². The van der Waals surface area contributed by atoms with E-state index >= 15 is 0 Å². The van der Waals surface area contributed by atoms with Gasteiger partial charge in [-0.25, -0.2) is 0 Å². The smallest absolute Gasteiger partial charge is 0.261 e. The van der Waals surface area contributed by atoms with Crippen LogP contribution in [-0.4, -0.2) is 43.4 Å². The molecule has 7 nitrogen and oxygen atoms in total. The standard InChI is InChI=1S/C8H7N.2CH4O3S/c1-2-4-8-7(3-1)5-6-9-8;2*1-5(2,3)4/h1-6,9H;2*1H3,(H,2,3,4). The maximum Gasteiger partial charge on any atom is 0.261 e. The molecule has 0 aliphatic heterocycles. The first-order valence-electron chi connectivity index (χ1n) is 4.84. The number of aromatic nitrogens is 1. The van der Waals surface area contributed by atoms with Gasteiger partial charge in [0.05, 0.1) is 12.5 Å². The highest BCUT2D eigenvalue weighted by Crippen LogP contribution is 2.09. The third-order valence-electron chi connectivity index (χ3n) is 1.46. The molecule has 0 radical (unpaired) electrons. The Labute approximate surface area is 111 Å². The number of aromatic amines is 1. The molecule has 0 unspecified atom stereocenters. The fourth-order valence-corrected chi connectivity index (χ4v) is 0.995. The van der Waals surface area contributed by atoms with Gasteiger partial charge < -0.3 is 4.98 Å². The fraction of sp³-hybridized carbons (Fsp3) is 0.200. The zero-order valence-corrected chi connectivity index (χ0v) is 11.9. The summed E-state index contributed by atoms with van der Waals surface area (Å²) < 4.78 is 51.7. The lowest BCUT2D eigenvalue weighted by Crippen LogP contribution is -1.88. The maximum atomic E-state index is 9.19. The summed E-state index contributed by atoms with van der Waals surface area (Å²) in [6, 6.07) is 10.3. The van der Waals surface area contributed by atoms with Crippen LogP contribution in [0.1, 0.15) is 0 Å². The number of hydrogen-bond donors (Lipinski definition) is 3. The average molecular weight is 309 g/mol. The van der Waals surface area contributed by atoms with Crippen LogP contribution in [0.2, 0.25) is 0 Å². The van der Waals surface area contributed by atoms with Crippen LogP contribution >= 0.6 is 0 Å². The molecular formula is C10H15NO6S2. The molecule has 0 saturated carbocycles. The van der Waals surface area contributed by atoms with Gasteiger partial charge in [-0.2, -0.15) is 16.8 Å². The first-order chi connectivity index (χ1) is 8.47. The van der Waals surface area contributed by atoms with Crippen LogP contribution in [0, 0.1) is 0 Å². The molecule has 108 valence electrons. The summed E-state index contributed by atoms with van der Waals surface area (Å²) in [5, 5.41) is 1.28. The summed E-state index contributed by atoms with van der Waals surface area (Å²) in [7, 11) is -7.33. The number of rotatable bonds is 0. The number of fused-ring (bicyclic) bond motifs is 1. The first kappa shape index (κ1) is 17.6. The topological polar surface area (TPSA) is 125 Å². The van der Waals surface area contributed by atoms with E-state index in [1.807, 2.05) is 18.3 Å². The van der Waals surface area contributed by atoms with Crippen molar-refractivity contribution in [3.05, 3.63) is 36.5 Å². The summed E-state index contributed by atoms with van der Waals surface area (Å²) in [6.07, 6.45) is 3.38. The maximum absolute atomic E-state index is 9.19. The van der Waals surface area contributed by atoms with E-state index in [1.165, 1.54) is 10.9 Å². The molecule has 3 N–H and O–H groups in total. The third kappa shape index (κ3) is 14.5. The highest BCUT2D eigenvalue weighted by atomic mass is 32.2. The van der Waals surface area contributed by atoms with Gasteiger partial charge in [-0.3, -0.25) is 9.11 Å². The second-order valence-corrected chi connectivity index (χ2v) is 6.46. The van der Waals surface area contributed by atoms with Crippen LogP contribution in [0.4, 0.5) is 0 Å². The van der Waals surface area contributed by atoms with Crippen molar-refractivity contribution in [2.45, 2.75) is 0 Å². The van der Waals surface area contributed by atoms with Crippen LogP contribution < -0.4 is 0 Å². The van der Waals surface area contributed by atoms with Gasteiger partial charge in [0, 0.05) is 11.7 Å². The second-order valence-electron chi connectivity index (χ2n) is 3.53. The number of para-hydroxylation sites is 1. The molecule has 19 heavy (non-hydrogen) atoms. The summed E-state index contributed by atoms with van der Waals surface area (Å²) in [5.74, 6) is 0. The van der Waals surface area contributed by atoms with Crippen molar-refractivity contribution < 1.29 is 25.9 Å². The van der Waals surface area contributed by atoms with Gasteiger partial charge in [0.25, 0.3) is 20.2 Å².